The smallest absolute Gasteiger partial charge is 0.325 e. The second-order valence-electron chi connectivity index (χ2n) is 6.58. The molecule has 1 aliphatic rings. The first-order chi connectivity index (χ1) is 13.3. The molecule has 0 spiro atoms. The summed E-state index contributed by atoms with van der Waals surface area (Å²) in [4.78, 5) is 38.3. The van der Waals surface area contributed by atoms with Crippen LogP contribution in [-0.4, -0.2) is 36.4 Å². The highest BCUT2D eigenvalue weighted by molar-refractivity contribution is 6.30. The Bertz CT molecular complexity index is 899. The highest BCUT2D eigenvalue weighted by Crippen LogP contribution is 2.29. The first kappa shape index (κ1) is 19.7. The Morgan fingerprint density at radius 3 is 2.39 bits per heavy atom. The number of nitrogens with zero attached hydrogens (tertiary/aromatic N) is 1. The number of amides is 4. The fourth-order valence-corrected chi connectivity index (χ4v) is 3.09. The van der Waals surface area contributed by atoms with E-state index in [2.05, 4.69) is 10.6 Å². The summed E-state index contributed by atoms with van der Waals surface area (Å²) in [6.45, 7) is 1.52. The van der Waals surface area contributed by atoms with Gasteiger partial charge < -0.3 is 15.4 Å². The largest absolute Gasteiger partial charge is 0.497 e. The summed E-state index contributed by atoms with van der Waals surface area (Å²) in [5, 5.41) is 5.89. The number of benzene rings is 2. The van der Waals surface area contributed by atoms with Gasteiger partial charge in [0, 0.05) is 11.6 Å². The van der Waals surface area contributed by atoms with Gasteiger partial charge in [-0.15, -0.1) is 0 Å². The number of nitrogens with one attached hydrogen (secondary N) is 2. The monoisotopic (exact) mass is 401 g/mol. The maximum atomic E-state index is 12.8. The molecular formula is C20H20ClN3O4. The summed E-state index contributed by atoms with van der Waals surface area (Å²) in [5.74, 6) is -0.199. The molecule has 1 aliphatic heterocycles. The van der Waals surface area contributed by atoms with E-state index in [1.807, 2.05) is 12.1 Å². The molecule has 1 fully saturated rings. The molecule has 0 unspecified atom stereocenters. The minimum Gasteiger partial charge on any atom is -0.497 e. The van der Waals surface area contributed by atoms with Gasteiger partial charge in [-0.2, -0.15) is 0 Å². The van der Waals surface area contributed by atoms with Crippen LogP contribution in [0.25, 0.3) is 0 Å². The average Bonchev–Trinajstić information content (AvgIpc) is 2.91. The van der Waals surface area contributed by atoms with Crippen molar-refractivity contribution in [2.45, 2.75) is 19.0 Å². The molecule has 3 rings (SSSR count). The summed E-state index contributed by atoms with van der Waals surface area (Å²) in [7, 11) is 1.58. The van der Waals surface area contributed by atoms with Gasteiger partial charge in [0.15, 0.2) is 0 Å². The Morgan fingerprint density at radius 2 is 1.79 bits per heavy atom. The molecule has 8 heteroatoms. The molecule has 4 amide bonds. The predicted octanol–water partition coefficient (Wildman–Crippen LogP) is 2.43. The molecule has 0 aromatic heterocycles. The van der Waals surface area contributed by atoms with Gasteiger partial charge in [-0.25, -0.2) is 4.79 Å². The van der Waals surface area contributed by atoms with E-state index >= 15 is 0 Å². The molecule has 0 radical (unpaired) electrons. The zero-order chi connectivity index (χ0) is 20.3. The van der Waals surface area contributed by atoms with Crippen molar-refractivity contribution in [1.29, 1.82) is 0 Å². The van der Waals surface area contributed by atoms with Crippen molar-refractivity contribution >= 4 is 29.4 Å². The Labute approximate surface area is 167 Å². The Balaban J connectivity index is 1.63. The summed E-state index contributed by atoms with van der Waals surface area (Å²) < 4.78 is 5.09. The minimum atomic E-state index is -1.24. The van der Waals surface area contributed by atoms with Crippen LogP contribution in [0.1, 0.15) is 18.1 Å². The van der Waals surface area contributed by atoms with E-state index in [9.17, 15) is 14.4 Å². The number of rotatable bonds is 6. The maximum Gasteiger partial charge on any atom is 0.325 e. The van der Waals surface area contributed by atoms with Crippen LogP contribution >= 0.6 is 11.6 Å². The van der Waals surface area contributed by atoms with Crippen molar-refractivity contribution in [3.8, 4) is 5.75 Å². The van der Waals surface area contributed by atoms with E-state index in [4.69, 9.17) is 16.3 Å². The number of methoxy groups -OCH3 is 1. The van der Waals surface area contributed by atoms with Crippen LogP contribution in [0.2, 0.25) is 5.02 Å². The molecule has 2 aromatic rings. The number of halogens is 1. The fourth-order valence-electron chi connectivity index (χ4n) is 2.96. The molecule has 1 heterocycles. The van der Waals surface area contributed by atoms with Gasteiger partial charge >= 0.3 is 6.03 Å². The number of hydrogen-bond acceptors (Lipinski definition) is 4. The second-order valence-corrected chi connectivity index (χ2v) is 7.01. The topological polar surface area (TPSA) is 87.7 Å². The zero-order valence-corrected chi connectivity index (χ0v) is 16.2. The maximum absolute atomic E-state index is 12.8. The van der Waals surface area contributed by atoms with Crippen LogP contribution in [0.4, 0.5) is 4.79 Å². The van der Waals surface area contributed by atoms with Crippen molar-refractivity contribution in [2.24, 2.45) is 0 Å². The summed E-state index contributed by atoms with van der Waals surface area (Å²) >= 11 is 5.89. The zero-order valence-electron chi connectivity index (χ0n) is 15.5. The number of carbonyl (C=O) groups is 3. The number of urea groups is 1. The fraction of sp³-hybridized carbons (Fsp3) is 0.250. The summed E-state index contributed by atoms with van der Waals surface area (Å²) in [6, 6.07) is 13.3. The average molecular weight is 402 g/mol. The van der Waals surface area contributed by atoms with Crippen LogP contribution in [0.15, 0.2) is 48.5 Å². The normalized spacial score (nSPS) is 18.8. The first-order valence-electron chi connectivity index (χ1n) is 8.63. The van der Waals surface area contributed by atoms with Gasteiger partial charge in [-0.1, -0.05) is 35.9 Å². The molecule has 146 valence electrons. The van der Waals surface area contributed by atoms with Gasteiger partial charge in [0.25, 0.3) is 5.91 Å². The highest BCUT2D eigenvalue weighted by Gasteiger charge is 2.49. The third-order valence-electron chi connectivity index (χ3n) is 4.65. The van der Waals surface area contributed by atoms with E-state index in [0.29, 0.717) is 10.6 Å². The standard InChI is InChI=1S/C20H20ClN3O4/c1-20(14-5-7-15(21)8-6-14)18(26)24(19(27)23-20)12-17(25)22-11-13-3-9-16(28-2)10-4-13/h3-10H,11-12H2,1-2H3,(H,22,25)(H,23,27)/t20-/m1/s1. The molecule has 0 bridgehead atoms. The molecule has 2 N–H and O–H groups in total. The van der Waals surface area contributed by atoms with Crippen LogP contribution in [-0.2, 0) is 21.7 Å². The highest BCUT2D eigenvalue weighted by atomic mass is 35.5. The third-order valence-corrected chi connectivity index (χ3v) is 4.90. The van der Waals surface area contributed by atoms with E-state index in [1.165, 1.54) is 0 Å². The summed E-state index contributed by atoms with van der Waals surface area (Å²) in [5.41, 5.74) is 0.228. The van der Waals surface area contributed by atoms with Crippen molar-refractivity contribution < 1.29 is 19.1 Å². The number of carbonyl (C=O) groups excluding carboxylic acids is 3. The van der Waals surface area contributed by atoms with Crippen molar-refractivity contribution in [3.05, 3.63) is 64.7 Å². The van der Waals surface area contributed by atoms with Gasteiger partial charge in [0.2, 0.25) is 5.91 Å². The van der Waals surface area contributed by atoms with Crippen molar-refractivity contribution in [3.63, 3.8) is 0 Å². The molecule has 28 heavy (non-hydrogen) atoms. The Hall–Kier alpha value is -3.06. The van der Waals surface area contributed by atoms with Gasteiger partial charge in [-0.3, -0.25) is 14.5 Å². The lowest BCUT2D eigenvalue weighted by molar-refractivity contribution is -0.134. The number of ether oxygens (including phenoxy) is 1. The van der Waals surface area contributed by atoms with E-state index < -0.39 is 23.4 Å². The Kier molecular flexibility index (Phi) is 5.56. The second kappa shape index (κ2) is 7.90. The van der Waals surface area contributed by atoms with Crippen LogP contribution < -0.4 is 15.4 Å². The van der Waals surface area contributed by atoms with E-state index in [0.717, 1.165) is 16.2 Å². The molecular weight excluding hydrogens is 382 g/mol. The molecule has 0 aliphatic carbocycles. The molecule has 0 saturated carbocycles. The quantitative estimate of drug-likeness (QED) is 0.728. The summed E-state index contributed by atoms with van der Waals surface area (Å²) in [6.07, 6.45) is 0. The number of hydrogen-bond donors (Lipinski definition) is 2. The Morgan fingerprint density at radius 1 is 1.14 bits per heavy atom. The van der Waals surface area contributed by atoms with E-state index in [1.54, 1.807) is 50.4 Å². The van der Waals surface area contributed by atoms with Crippen LogP contribution in [0.5, 0.6) is 5.75 Å². The van der Waals surface area contributed by atoms with Crippen LogP contribution in [0.3, 0.4) is 0 Å². The molecule has 1 saturated heterocycles. The van der Waals surface area contributed by atoms with Gasteiger partial charge in [0.1, 0.15) is 17.8 Å². The lowest BCUT2D eigenvalue weighted by atomic mass is 9.92. The van der Waals surface area contributed by atoms with Gasteiger partial charge in [0.05, 0.1) is 7.11 Å². The van der Waals surface area contributed by atoms with Gasteiger partial charge in [-0.05, 0) is 42.3 Å². The molecule has 1 atom stereocenters. The predicted molar refractivity (Wildman–Crippen MR) is 104 cm³/mol. The van der Waals surface area contributed by atoms with Crippen molar-refractivity contribution in [1.82, 2.24) is 15.5 Å². The van der Waals surface area contributed by atoms with Crippen molar-refractivity contribution in [2.75, 3.05) is 13.7 Å². The number of imide groups is 1. The first-order valence-corrected chi connectivity index (χ1v) is 9.01. The third kappa shape index (κ3) is 3.94. The van der Waals surface area contributed by atoms with E-state index in [-0.39, 0.29) is 13.1 Å². The lowest BCUT2D eigenvalue weighted by Gasteiger charge is -2.22. The SMILES string of the molecule is COc1ccc(CNC(=O)CN2C(=O)N[C@](C)(c3ccc(Cl)cc3)C2=O)cc1. The molecule has 2 aromatic carbocycles. The minimum absolute atomic E-state index is 0.279. The van der Waals surface area contributed by atoms with Crippen LogP contribution in [0, 0.1) is 0 Å². The molecule has 7 nitrogen and oxygen atoms in total. The lowest BCUT2D eigenvalue weighted by Crippen LogP contribution is -2.43.